The zero-order chi connectivity index (χ0) is 12.4. The van der Waals surface area contributed by atoms with Gasteiger partial charge in [-0.25, -0.2) is 0 Å². The quantitative estimate of drug-likeness (QED) is 0.671. The Morgan fingerprint density at radius 2 is 1.72 bits per heavy atom. The maximum Gasteiger partial charge on any atom is 0.126 e. The monoisotopic (exact) mass is 235 g/mol. The molecule has 0 aliphatic rings. The van der Waals surface area contributed by atoms with Crippen LogP contribution >= 0.6 is 0 Å². The molecule has 0 atom stereocenters. The Bertz CT molecular complexity index is 677. The molecule has 0 N–H and O–H groups in total. The van der Waals surface area contributed by atoms with Crippen LogP contribution in [-0.2, 0) is 0 Å². The lowest BCUT2D eigenvalue weighted by Crippen LogP contribution is -1.88. The van der Waals surface area contributed by atoms with Crippen LogP contribution in [0.5, 0.6) is 5.75 Å². The summed E-state index contributed by atoms with van der Waals surface area (Å²) in [7, 11) is 1.69. The highest BCUT2D eigenvalue weighted by molar-refractivity contribution is 5.99. The van der Waals surface area contributed by atoms with E-state index in [0.29, 0.717) is 0 Å². The standard InChI is InChI=1S/C16H13NO/c1-18-16-8-7-13(12-5-3-2-4-6-12)15-11-17-10-9-14(15)16/h2-11H,1H3. The van der Waals surface area contributed by atoms with Gasteiger partial charge in [-0.15, -0.1) is 0 Å². The van der Waals surface area contributed by atoms with Crippen LogP contribution in [0.1, 0.15) is 0 Å². The van der Waals surface area contributed by atoms with Gasteiger partial charge >= 0.3 is 0 Å². The summed E-state index contributed by atoms with van der Waals surface area (Å²) >= 11 is 0. The number of benzene rings is 2. The number of aromatic nitrogens is 1. The number of rotatable bonds is 2. The van der Waals surface area contributed by atoms with E-state index < -0.39 is 0 Å². The third-order valence-corrected chi connectivity index (χ3v) is 3.08. The predicted octanol–water partition coefficient (Wildman–Crippen LogP) is 3.91. The van der Waals surface area contributed by atoms with Crippen molar-refractivity contribution in [2.45, 2.75) is 0 Å². The SMILES string of the molecule is COc1ccc(-c2ccccc2)c2cnccc12. The Kier molecular flexibility index (Phi) is 2.69. The van der Waals surface area contributed by atoms with Gasteiger partial charge in [0.05, 0.1) is 7.11 Å². The van der Waals surface area contributed by atoms with Crippen LogP contribution in [0.25, 0.3) is 21.9 Å². The molecule has 18 heavy (non-hydrogen) atoms. The van der Waals surface area contributed by atoms with Crippen molar-refractivity contribution in [1.82, 2.24) is 4.98 Å². The van der Waals surface area contributed by atoms with Crippen LogP contribution in [0, 0.1) is 0 Å². The van der Waals surface area contributed by atoms with Crippen LogP contribution < -0.4 is 4.74 Å². The second-order valence-corrected chi connectivity index (χ2v) is 4.10. The highest BCUT2D eigenvalue weighted by Crippen LogP contribution is 2.33. The van der Waals surface area contributed by atoms with Crippen LogP contribution in [0.3, 0.4) is 0 Å². The smallest absolute Gasteiger partial charge is 0.126 e. The van der Waals surface area contributed by atoms with Gasteiger partial charge in [0.1, 0.15) is 5.75 Å². The molecule has 0 bridgehead atoms. The predicted molar refractivity (Wildman–Crippen MR) is 73.7 cm³/mol. The number of hydrogen-bond acceptors (Lipinski definition) is 2. The summed E-state index contributed by atoms with van der Waals surface area (Å²) in [5.74, 6) is 0.882. The van der Waals surface area contributed by atoms with E-state index in [1.54, 1.807) is 13.3 Å². The van der Waals surface area contributed by atoms with Crippen molar-refractivity contribution >= 4 is 10.8 Å². The van der Waals surface area contributed by atoms with E-state index in [-0.39, 0.29) is 0 Å². The average molecular weight is 235 g/mol. The Morgan fingerprint density at radius 3 is 2.50 bits per heavy atom. The normalized spacial score (nSPS) is 10.5. The van der Waals surface area contributed by atoms with E-state index in [1.165, 1.54) is 11.1 Å². The van der Waals surface area contributed by atoms with Gasteiger partial charge in [0.25, 0.3) is 0 Å². The van der Waals surface area contributed by atoms with E-state index in [0.717, 1.165) is 16.5 Å². The Balaban J connectivity index is 2.32. The summed E-state index contributed by atoms with van der Waals surface area (Å²) in [6, 6.07) is 16.4. The lowest BCUT2D eigenvalue weighted by molar-refractivity contribution is 0.420. The first-order valence-corrected chi connectivity index (χ1v) is 5.86. The number of pyridine rings is 1. The van der Waals surface area contributed by atoms with Crippen molar-refractivity contribution in [3.8, 4) is 16.9 Å². The fourth-order valence-electron chi connectivity index (χ4n) is 2.21. The molecule has 2 aromatic carbocycles. The summed E-state index contributed by atoms with van der Waals surface area (Å²) in [6.07, 6.45) is 3.68. The minimum Gasteiger partial charge on any atom is -0.496 e. The van der Waals surface area contributed by atoms with Gasteiger partial charge in [-0.05, 0) is 29.3 Å². The minimum absolute atomic E-state index is 0.882. The first-order chi connectivity index (χ1) is 8.90. The van der Waals surface area contributed by atoms with Gasteiger partial charge in [-0.3, -0.25) is 4.98 Å². The van der Waals surface area contributed by atoms with Crippen LogP contribution in [0.4, 0.5) is 0 Å². The zero-order valence-corrected chi connectivity index (χ0v) is 10.1. The van der Waals surface area contributed by atoms with E-state index in [4.69, 9.17) is 4.74 Å². The lowest BCUT2D eigenvalue weighted by Gasteiger charge is -2.10. The Hall–Kier alpha value is -2.35. The van der Waals surface area contributed by atoms with Gasteiger partial charge < -0.3 is 4.74 Å². The highest BCUT2D eigenvalue weighted by atomic mass is 16.5. The second-order valence-electron chi connectivity index (χ2n) is 4.10. The molecule has 88 valence electrons. The average Bonchev–Trinajstić information content (AvgIpc) is 2.47. The molecule has 3 rings (SSSR count). The molecule has 0 saturated heterocycles. The third-order valence-electron chi connectivity index (χ3n) is 3.08. The summed E-state index contributed by atoms with van der Waals surface area (Å²) in [5.41, 5.74) is 2.37. The summed E-state index contributed by atoms with van der Waals surface area (Å²) in [4.78, 5) is 4.22. The van der Waals surface area contributed by atoms with Crippen molar-refractivity contribution in [2.24, 2.45) is 0 Å². The van der Waals surface area contributed by atoms with Crippen molar-refractivity contribution < 1.29 is 4.74 Å². The van der Waals surface area contributed by atoms with Crippen molar-refractivity contribution in [3.05, 3.63) is 60.9 Å². The molecule has 2 nitrogen and oxygen atoms in total. The van der Waals surface area contributed by atoms with E-state index in [1.807, 2.05) is 36.5 Å². The fraction of sp³-hybridized carbons (Fsp3) is 0.0625. The first kappa shape index (κ1) is 10.8. The molecule has 1 aromatic heterocycles. The molecule has 1 heterocycles. The molecular weight excluding hydrogens is 222 g/mol. The molecule has 3 aromatic rings. The number of hydrogen-bond donors (Lipinski definition) is 0. The van der Waals surface area contributed by atoms with E-state index >= 15 is 0 Å². The maximum atomic E-state index is 5.39. The summed E-state index contributed by atoms with van der Waals surface area (Å²) in [5, 5.41) is 2.21. The van der Waals surface area contributed by atoms with Gasteiger partial charge in [0.2, 0.25) is 0 Å². The molecule has 0 fully saturated rings. The maximum absolute atomic E-state index is 5.39. The molecule has 0 saturated carbocycles. The molecule has 0 aliphatic carbocycles. The molecule has 0 unspecified atom stereocenters. The lowest BCUT2D eigenvalue weighted by atomic mass is 9.99. The number of nitrogens with zero attached hydrogens (tertiary/aromatic N) is 1. The van der Waals surface area contributed by atoms with Crippen LogP contribution in [-0.4, -0.2) is 12.1 Å². The number of methoxy groups -OCH3 is 1. The number of ether oxygens (including phenoxy) is 1. The number of fused-ring (bicyclic) bond motifs is 1. The van der Waals surface area contributed by atoms with E-state index in [9.17, 15) is 0 Å². The van der Waals surface area contributed by atoms with Gasteiger partial charge in [-0.1, -0.05) is 30.3 Å². The molecular formula is C16H13NO. The van der Waals surface area contributed by atoms with Gasteiger partial charge in [0, 0.05) is 23.2 Å². The largest absolute Gasteiger partial charge is 0.496 e. The molecule has 2 heteroatoms. The zero-order valence-electron chi connectivity index (χ0n) is 10.1. The topological polar surface area (TPSA) is 22.1 Å². The van der Waals surface area contributed by atoms with Crippen LogP contribution in [0.2, 0.25) is 0 Å². The first-order valence-electron chi connectivity index (χ1n) is 5.86. The van der Waals surface area contributed by atoms with Crippen molar-refractivity contribution in [3.63, 3.8) is 0 Å². The second kappa shape index (κ2) is 4.49. The summed E-state index contributed by atoms with van der Waals surface area (Å²) < 4.78 is 5.39. The van der Waals surface area contributed by atoms with Gasteiger partial charge in [-0.2, -0.15) is 0 Å². The highest BCUT2D eigenvalue weighted by Gasteiger charge is 2.07. The molecule has 0 aliphatic heterocycles. The van der Waals surface area contributed by atoms with Crippen molar-refractivity contribution in [2.75, 3.05) is 7.11 Å². The van der Waals surface area contributed by atoms with Crippen LogP contribution in [0.15, 0.2) is 60.9 Å². The fourth-order valence-corrected chi connectivity index (χ4v) is 2.21. The molecule has 0 amide bonds. The summed E-state index contributed by atoms with van der Waals surface area (Å²) in [6.45, 7) is 0. The van der Waals surface area contributed by atoms with Gasteiger partial charge in [0.15, 0.2) is 0 Å². The Labute approximate surface area is 106 Å². The minimum atomic E-state index is 0.882. The van der Waals surface area contributed by atoms with E-state index in [2.05, 4.69) is 23.2 Å². The Morgan fingerprint density at radius 1 is 0.889 bits per heavy atom. The molecule has 0 radical (unpaired) electrons. The third kappa shape index (κ3) is 1.72. The van der Waals surface area contributed by atoms with Crippen molar-refractivity contribution in [1.29, 1.82) is 0 Å². The molecule has 0 spiro atoms.